The second-order valence-corrected chi connectivity index (χ2v) is 11.0. The maximum Gasteiger partial charge on any atom is 0.261 e. The topological polar surface area (TPSA) is 58.6 Å². The van der Waals surface area contributed by atoms with Gasteiger partial charge >= 0.3 is 0 Å². The smallest absolute Gasteiger partial charge is 0.261 e. The van der Waals surface area contributed by atoms with Crippen molar-refractivity contribution >= 4 is 11.8 Å². The normalized spacial score (nSPS) is 14.6. The van der Waals surface area contributed by atoms with Crippen molar-refractivity contribution < 1.29 is 14.3 Å². The van der Waals surface area contributed by atoms with E-state index in [1.807, 2.05) is 85.8 Å². The highest BCUT2D eigenvalue weighted by Gasteiger charge is 2.32. The third-order valence-electron chi connectivity index (χ3n) is 7.72. The van der Waals surface area contributed by atoms with Crippen LogP contribution in [0.4, 0.5) is 0 Å². The Kier molecular flexibility index (Phi) is 10.2. The van der Waals surface area contributed by atoms with Crippen LogP contribution in [0.2, 0.25) is 0 Å². The van der Waals surface area contributed by atoms with Gasteiger partial charge in [0, 0.05) is 19.0 Å². The summed E-state index contributed by atoms with van der Waals surface area (Å²) < 4.78 is 6.12. The van der Waals surface area contributed by atoms with Gasteiger partial charge in [-0.2, -0.15) is 0 Å². The number of carbonyl (C=O) groups is 2. The van der Waals surface area contributed by atoms with E-state index in [9.17, 15) is 9.59 Å². The van der Waals surface area contributed by atoms with E-state index in [1.165, 1.54) is 6.42 Å². The monoisotopic (exact) mass is 526 g/mol. The maximum absolute atomic E-state index is 14.0. The molecule has 1 fully saturated rings. The molecule has 0 aromatic heterocycles. The lowest BCUT2D eigenvalue weighted by molar-refractivity contribution is -0.143. The molecule has 4 rings (SSSR count). The van der Waals surface area contributed by atoms with Gasteiger partial charge in [0.1, 0.15) is 11.8 Å². The third-order valence-corrected chi connectivity index (χ3v) is 7.72. The third kappa shape index (κ3) is 7.95. The standard InChI is InChI=1S/C34H42N2O3/c1-25(2)30-20-12-13-21-32(30)39-24-33(37)36(23-28-17-11-10-14-26(28)3)31(22-27-15-6-4-7-16-27)34(38)35-29-18-8-5-9-19-29/h4,6-7,10-17,20-21,25,29,31H,5,8-9,18-19,22-24H2,1-3H3,(H,35,38)/t31-/m1/s1. The van der Waals surface area contributed by atoms with Crippen LogP contribution in [0.5, 0.6) is 5.75 Å². The second-order valence-electron chi connectivity index (χ2n) is 11.0. The summed E-state index contributed by atoms with van der Waals surface area (Å²) in [4.78, 5) is 29.6. The van der Waals surface area contributed by atoms with Crippen molar-refractivity contribution in [2.75, 3.05) is 6.61 Å². The Hall–Kier alpha value is -3.60. The van der Waals surface area contributed by atoms with Crippen LogP contribution in [0.3, 0.4) is 0 Å². The van der Waals surface area contributed by atoms with E-state index in [4.69, 9.17) is 4.74 Å². The molecule has 39 heavy (non-hydrogen) atoms. The summed E-state index contributed by atoms with van der Waals surface area (Å²) in [7, 11) is 0. The van der Waals surface area contributed by atoms with Crippen molar-refractivity contribution in [2.24, 2.45) is 0 Å². The van der Waals surface area contributed by atoms with Crippen LogP contribution in [0.15, 0.2) is 78.9 Å². The molecule has 0 saturated heterocycles. The number of para-hydroxylation sites is 1. The van der Waals surface area contributed by atoms with E-state index in [0.717, 1.165) is 47.9 Å². The number of nitrogens with zero attached hydrogens (tertiary/aromatic N) is 1. The van der Waals surface area contributed by atoms with Crippen molar-refractivity contribution in [1.29, 1.82) is 0 Å². The van der Waals surface area contributed by atoms with Gasteiger partial charge in [-0.15, -0.1) is 0 Å². The van der Waals surface area contributed by atoms with Crippen molar-refractivity contribution in [3.63, 3.8) is 0 Å². The Morgan fingerprint density at radius 1 is 0.897 bits per heavy atom. The lowest BCUT2D eigenvalue weighted by atomic mass is 9.94. The molecule has 0 radical (unpaired) electrons. The van der Waals surface area contributed by atoms with Gasteiger partial charge in [0.15, 0.2) is 6.61 Å². The van der Waals surface area contributed by atoms with Crippen LogP contribution in [0.25, 0.3) is 0 Å². The van der Waals surface area contributed by atoms with Gasteiger partial charge in [-0.25, -0.2) is 0 Å². The van der Waals surface area contributed by atoms with E-state index in [1.54, 1.807) is 4.90 Å². The first-order valence-electron chi connectivity index (χ1n) is 14.3. The minimum Gasteiger partial charge on any atom is -0.483 e. The van der Waals surface area contributed by atoms with E-state index < -0.39 is 6.04 Å². The number of nitrogens with one attached hydrogen (secondary N) is 1. The van der Waals surface area contributed by atoms with Gasteiger partial charge in [-0.3, -0.25) is 9.59 Å². The molecule has 1 aliphatic rings. The molecule has 1 saturated carbocycles. The number of benzene rings is 3. The van der Waals surface area contributed by atoms with Gasteiger partial charge in [-0.05, 0) is 54.0 Å². The number of rotatable bonds is 11. The number of ether oxygens (including phenoxy) is 1. The fraction of sp³-hybridized carbons (Fsp3) is 0.412. The summed E-state index contributed by atoms with van der Waals surface area (Å²) in [5.41, 5.74) is 4.20. The Morgan fingerprint density at radius 2 is 1.56 bits per heavy atom. The van der Waals surface area contributed by atoms with Gasteiger partial charge in [0.2, 0.25) is 5.91 Å². The molecule has 2 amide bonds. The predicted molar refractivity (Wildman–Crippen MR) is 157 cm³/mol. The first kappa shape index (κ1) is 28.4. The molecular formula is C34H42N2O3. The molecule has 5 heteroatoms. The Labute approximate surface area is 233 Å². The van der Waals surface area contributed by atoms with Crippen LogP contribution >= 0.6 is 0 Å². The Bertz CT molecular complexity index is 1220. The minimum absolute atomic E-state index is 0.0877. The number of carbonyl (C=O) groups excluding carboxylic acids is 2. The van der Waals surface area contributed by atoms with Crippen molar-refractivity contribution in [1.82, 2.24) is 10.2 Å². The highest BCUT2D eigenvalue weighted by atomic mass is 16.5. The van der Waals surface area contributed by atoms with Crippen LogP contribution < -0.4 is 10.1 Å². The molecule has 0 bridgehead atoms. The minimum atomic E-state index is -0.648. The predicted octanol–water partition coefficient (Wildman–Crippen LogP) is 6.59. The lowest BCUT2D eigenvalue weighted by Gasteiger charge is -2.34. The van der Waals surface area contributed by atoms with Crippen LogP contribution in [0, 0.1) is 6.92 Å². The molecule has 1 N–H and O–H groups in total. The van der Waals surface area contributed by atoms with E-state index >= 15 is 0 Å². The van der Waals surface area contributed by atoms with Gasteiger partial charge in [0.05, 0.1) is 0 Å². The molecule has 206 valence electrons. The van der Waals surface area contributed by atoms with Crippen LogP contribution in [-0.2, 0) is 22.6 Å². The van der Waals surface area contributed by atoms with E-state index in [0.29, 0.717) is 18.7 Å². The fourth-order valence-corrected chi connectivity index (χ4v) is 5.38. The van der Waals surface area contributed by atoms with E-state index in [-0.39, 0.29) is 30.4 Å². The highest BCUT2D eigenvalue weighted by molar-refractivity contribution is 5.88. The summed E-state index contributed by atoms with van der Waals surface area (Å²) in [5, 5.41) is 3.30. The van der Waals surface area contributed by atoms with E-state index in [2.05, 4.69) is 19.2 Å². The molecule has 1 atom stereocenters. The second kappa shape index (κ2) is 14.0. The van der Waals surface area contributed by atoms with Crippen molar-refractivity contribution in [2.45, 2.75) is 83.8 Å². The molecule has 1 aliphatic carbocycles. The fourth-order valence-electron chi connectivity index (χ4n) is 5.38. The average molecular weight is 527 g/mol. The molecule has 5 nitrogen and oxygen atoms in total. The molecular weight excluding hydrogens is 484 g/mol. The highest BCUT2D eigenvalue weighted by Crippen LogP contribution is 2.26. The first-order chi connectivity index (χ1) is 18.9. The molecule has 0 heterocycles. The summed E-state index contributed by atoms with van der Waals surface area (Å²) in [6.07, 6.45) is 5.90. The SMILES string of the molecule is Cc1ccccc1CN(C(=O)COc1ccccc1C(C)C)[C@H](Cc1ccccc1)C(=O)NC1CCCCC1. The van der Waals surface area contributed by atoms with Crippen molar-refractivity contribution in [3.05, 3.63) is 101 Å². The van der Waals surface area contributed by atoms with Crippen molar-refractivity contribution in [3.8, 4) is 5.75 Å². The van der Waals surface area contributed by atoms with Crippen LogP contribution in [0.1, 0.15) is 74.1 Å². The lowest BCUT2D eigenvalue weighted by Crippen LogP contribution is -2.53. The van der Waals surface area contributed by atoms with Gasteiger partial charge in [0.25, 0.3) is 5.91 Å². The quantitative estimate of drug-likeness (QED) is 0.307. The number of aryl methyl sites for hydroxylation is 1. The molecule has 0 spiro atoms. The molecule has 3 aromatic carbocycles. The molecule has 3 aromatic rings. The number of hydrogen-bond acceptors (Lipinski definition) is 3. The van der Waals surface area contributed by atoms with Gasteiger partial charge in [-0.1, -0.05) is 106 Å². The number of amides is 2. The largest absolute Gasteiger partial charge is 0.483 e. The zero-order valence-corrected chi connectivity index (χ0v) is 23.6. The first-order valence-corrected chi connectivity index (χ1v) is 14.3. The zero-order valence-electron chi connectivity index (χ0n) is 23.6. The Morgan fingerprint density at radius 3 is 2.28 bits per heavy atom. The summed E-state index contributed by atoms with van der Waals surface area (Å²) in [5.74, 6) is 0.696. The Balaban J connectivity index is 1.63. The van der Waals surface area contributed by atoms with Gasteiger partial charge < -0.3 is 15.0 Å². The summed E-state index contributed by atoms with van der Waals surface area (Å²) in [6, 6.07) is 25.4. The molecule has 0 unspecified atom stereocenters. The average Bonchev–Trinajstić information content (AvgIpc) is 2.95. The summed E-state index contributed by atoms with van der Waals surface area (Å²) >= 11 is 0. The zero-order chi connectivity index (χ0) is 27.6. The summed E-state index contributed by atoms with van der Waals surface area (Å²) in [6.45, 7) is 6.48. The maximum atomic E-state index is 14.0. The van der Waals surface area contributed by atoms with Crippen LogP contribution in [-0.4, -0.2) is 35.4 Å². The molecule has 0 aliphatic heterocycles. The number of hydrogen-bond donors (Lipinski definition) is 1.